The quantitative estimate of drug-likeness (QED) is 0.724. The van der Waals surface area contributed by atoms with Crippen molar-refractivity contribution in [2.75, 3.05) is 26.2 Å². The number of hydrogen-bond donors (Lipinski definition) is 0. The number of aromatic nitrogens is 2. The molecule has 2 aromatic rings. The number of hydrogen-bond acceptors (Lipinski definition) is 3. The highest BCUT2D eigenvalue weighted by molar-refractivity contribution is 5.95. The number of halogens is 4. The minimum absolute atomic E-state index is 0.343. The van der Waals surface area contributed by atoms with Crippen LogP contribution in [0.3, 0.4) is 0 Å². The molecule has 0 unspecified atom stereocenters. The molecule has 2 fully saturated rings. The zero-order chi connectivity index (χ0) is 20.6. The van der Waals surface area contributed by atoms with Gasteiger partial charge in [-0.15, -0.1) is 0 Å². The molecular formula is C20H22F4N4O. The molecule has 9 heteroatoms. The van der Waals surface area contributed by atoms with E-state index in [-0.39, 0.29) is 5.69 Å². The van der Waals surface area contributed by atoms with Gasteiger partial charge < -0.3 is 4.90 Å². The number of benzene rings is 1. The van der Waals surface area contributed by atoms with Crippen LogP contribution in [-0.4, -0.2) is 57.7 Å². The van der Waals surface area contributed by atoms with Gasteiger partial charge in [-0.05, 0) is 25.0 Å². The predicted octanol–water partition coefficient (Wildman–Crippen LogP) is 3.73. The van der Waals surface area contributed by atoms with Gasteiger partial charge in [0.1, 0.15) is 11.5 Å². The summed E-state index contributed by atoms with van der Waals surface area (Å²) >= 11 is 0. The van der Waals surface area contributed by atoms with Gasteiger partial charge in [-0.3, -0.25) is 9.69 Å². The minimum Gasteiger partial charge on any atom is -0.336 e. The summed E-state index contributed by atoms with van der Waals surface area (Å²) in [6.07, 6.45) is 0.724. The lowest BCUT2D eigenvalue weighted by atomic mass is 10.1. The fourth-order valence-corrected chi connectivity index (χ4v) is 4.31. The number of rotatable bonds is 3. The van der Waals surface area contributed by atoms with Crippen molar-refractivity contribution in [1.82, 2.24) is 19.6 Å². The van der Waals surface area contributed by atoms with Crippen molar-refractivity contribution < 1.29 is 22.4 Å². The fourth-order valence-electron chi connectivity index (χ4n) is 4.31. The molecule has 4 rings (SSSR count). The highest BCUT2D eigenvalue weighted by Gasteiger charge is 2.42. The molecule has 1 saturated carbocycles. The van der Waals surface area contributed by atoms with Gasteiger partial charge in [0.05, 0.1) is 11.8 Å². The SMILES string of the molecule is O=C(c1cnn(-c2ccccc2F)c1C(F)(F)F)N1CCN(C2CCCC2)CC1. The molecule has 1 amide bonds. The summed E-state index contributed by atoms with van der Waals surface area (Å²) in [7, 11) is 0. The molecule has 1 aliphatic carbocycles. The van der Waals surface area contributed by atoms with Gasteiger partial charge >= 0.3 is 6.18 Å². The van der Waals surface area contributed by atoms with E-state index in [1.54, 1.807) is 0 Å². The summed E-state index contributed by atoms with van der Waals surface area (Å²) < 4.78 is 55.9. The van der Waals surface area contributed by atoms with E-state index in [4.69, 9.17) is 0 Å². The highest BCUT2D eigenvalue weighted by atomic mass is 19.4. The summed E-state index contributed by atoms with van der Waals surface area (Å²) in [5, 5.41) is 3.71. The van der Waals surface area contributed by atoms with Gasteiger partial charge in [0.25, 0.3) is 5.91 Å². The molecule has 0 bridgehead atoms. The number of para-hydroxylation sites is 1. The normalized spacial score (nSPS) is 19.1. The fraction of sp³-hybridized carbons (Fsp3) is 0.500. The van der Waals surface area contributed by atoms with Crippen LogP contribution >= 0.6 is 0 Å². The van der Waals surface area contributed by atoms with Crippen molar-refractivity contribution in [3.63, 3.8) is 0 Å². The molecular weight excluding hydrogens is 388 g/mol. The largest absolute Gasteiger partial charge is 0.434 e. The van der Waals surface area contributed by atoms with Gasteiger partial charge in [0.2, 0.25) is 0 Å². The number of amides is 1. The maximum absolute atomic E-state index is 14.1. The maximum Gasteiger partial charge on any atom is 0.434 e. The molecule has 0 N–H and O–H groups in total. The Morgan fingerprint density at radius 3 is 2.31 bits per heavy atom. The smallest absolute Gasteiger partial charge is 0.336 e. The Morgan fingerprint density at radius 1 is 1.03 bits per heavy atom. The number of carbonyl (C=O) groups is 1. The molecule has 5 nitrogen and oxygen atoms in total. The molecule has 2 aliphatic rings. The summed E-state index contributed by atoms with van der Waals surface area (Å²) in [5.41, 5.74) is -2.13. The second-order valence-corrected chi connectivity index (χ2v) is 7.53. The van der Waals surface area contributed by atoms with E-state index in [0.717, 1.165) is 25.1 Å². The molecule has 156 valence electrons. The van der Waals surface area contributed by atoms with Crippen LogP contribution in [0, 0.1) is 5.82 Å². The number of alkyl halides is 3. The molecule has 1 aromatic carbocycles. The van der Waals surface area contributed by atoms with Gasteiger partial charge in [-0.1, -0.05) is 25.0 Å². The van der Waals surface area contributed by atoms with Crippen molar-refractivity contribution in [3.8, 4) is 5.69 Å². The molecule has 1 saturated heterocycles. The summed E-state index contributed by atoms with van der Waals surface area (Å²) in [4.78, 5) is 16.6. The number of piperazine rings is 1. The van der Waals surface area contributed by atoms with Gasteiger partial charge in [-0.25, -0.2) is 9.07 Å². The lowest BCUT2D eigenvalue weighted by Crippen LogP contribution is -2.51. The first-order chi connectivity index (χ1) is 13.9. The second-order valence-electron chi connectivity index (χ2n) is 7.53. The van der Waals surface area contributed by atoms with E-state index in [9.17, 15) is 22.4 Å². The molecule has 1 aromatic heterocycles. The van der Waals surface area contributed by atoms with Crippen LogP contribution in [0.15, 0.2) is 30.5 Å². The van der Waals surface area contributed by atoms with E-state index in [1.807, 2.05) is 0 Å². The average Bonchev–Trinajstić information content (AvgIpc) is 3.38. The van der Waals surface area contributed by atoms with Crippen LogP contribution in [0.2, 0.25) is 0 Å². The lowest BCUT2D eigenvalue weighted by Gasteiger charge is -2.38. The third-order valence-corrected chi connectivity index (χ3v) is 5.79. The Labute approximate surface area is 165 Å². The van der Waals surface area contributed by atoms with Crippen molar-refractivity contribution in [1.29, 1.82) is 0 Å². The maximum atomic E-state index is 14.1. The minimum atomic E-state index is -4.85. The van der Waals surface area contributed by atoms with Gasteiger partial charge in [0.15, 0.2) is 5.69 Å². The van der Waals surface area contributed by atoms with Gasteiger partial charge in [-0.2, -0.15) is 18.3 Å². The zero-order valence-corrected chi connectivity index (χ0v) is 15.8. The zero-order valence-electron chi connectivity index (χ0n) is 15.8. The van der Waals surface area contributed by atoms with Crippen molar-refractivity contribution in [3.05, 3.63) is 47.5 Å². The van der Waals surface area contributed by atoms with Crippen molar-refractivity contribution in [2.24, 2.45) is 0 Å². The van der Waals surface area contributed by atoms with Crippen LogP contribution in [0.4, 0.5) is 17.6 Å². The molecule has 0 radical (unpaired) electrons. The van der Waals surface area contributed by atoms with E-state index < -0.39 is 29.2 Å². The van der Waals surface area contributed by atoms with Gasteiger partial charge in [0, 0.05) is 32.2 Å². The topological polar surface area (TPSA) is 41.4 Å². The van der Waals surface area contributed by atoms with Crippen LogP contribution in [0.25, 0.3) is 5.69 Å². The van der Waals surface area contributed by atoms with Crippen LogP contribution in [0.5, 0.6) is 0 Å². The molecule has 0 atom stereocenters. The first kappa shape index (κ1) is 19.9. The molecule has 1 aliphatic heterocycles. The summed E-state index contributed by atoms with van der Waals surface area (Å²) in [6.45, 7) is 2.05. The second kappa shape index (κ2) is 7.78. The van der Waals surface area contributed by atoms with Crippen molar-refractivity contribution in [2.45, 2.75) is 37.9 Å². The lowest BCUT2D eigenvalue weighted by molar-refractivity contribution is -0.143. The van der Waals surface area contributed by atoms with E-state index >= 15 is 0 Å². The average molecular weight is 410 g/mol. The van der Waals surface area contributed by atoms with E-state index in [1.165, 1.54) is 35.9 Å². The Morgan fingerprint density at radius 2 is 1.69 bits per heavy atom. The standard InChI is InChI=1S/C20H22F4N4O/c21-16-7-3-4-8-17(16)28-18(20(22,23)24)15(13-25-28)19(29)27-11-9-26(10-12-27)14-5-1-2-6-14/h3-4,7-8,13-14H,1-2,5-6,9-12H2. The first-order valence-electron chi connectivity index (χ1n) is 9.79. The van der Waals surface area contributed by atoms with Crippen LogP contribution < -0.4 is 0 Å². The monoisotopic (exact) mass is 410 g/mol. The third-order valence-electron chi connectivity index (χ3n) is 5.79. The summed E-state index contributed by atoms with van der Waals surface area (Å²) in [6, 6.07) is 5.57. The van der Waals surface area contributed by atoms with E-state index in [0.29, 0.717) is 36.9 Å². The molecule has 2 heterocycles. The van der Waals surface area contributed by atoms with Crippen LogP contribution in [0.1, 0.15) is 41.7 Å². The Balaban J connectivity index is 1.58. The Bertz CT molecular complexity index is 881. The van der Waals surface area contributed by atoms with E-state index in [2.05, 4.69) is 10.00 Å². The highest BCUT2D eigenvalue weighted by Crippen LogP contribution is 2.35. The first-order valence-corrected chi connectivity index (χ1v) is 9.79. The predicted molar refractivity (Wildman–Crippen MR) is 98.3 cm³/mol. The Hall–Kier alpha value is -2.42. The Kier molecular flexibility index (Phi) is 5.33. The van der Waals surface area contributed by atoms with Crippen LogP contribution in [-0.2, 0) is 6.18 Å². The number of carbonyl (C=O) groups excluding carboxylic acids is 1. The van der Waals surface area contributed by atoms with Crippen molar-refractivity contribution >= 4 is 5.91 Å². The summed E-state index contributed by atoms with van der Waals surface area (Å²) in [5.74, 6) is -1.56. The molecule has 0 spiro atoms. The molecule has 29 heavy (non-hydrogen) atoms. The number of nitrogens with zero attached hydrogens (tertiary/aromatic N) is 4. The third kappa shape index (κ3) is 3.88.